The van der Waals surface area contributed by atoms with E-state index in [9.17, 15) is 19.4 Å². The molecule has 0 spiro atoms. The highest BCUT2D eigenvalue weighted by Gasteiger charge is 2.55. The van der Waals surface area contributed by atoms with Crippen LogP contribution >= 0.6 is 7.37 Å². The van der Waals surface area contributed by atoms with Crippen LogP contribution in [0.2, 0.25) is 0 Å². The van der Waals surface area contributed by atoms with Crippen LogP contribution in [0.4, 0.5) is 0 Å². The molecular formula is C14H18NO6P. The smallest absolute Gasteiger partial charge is 0.267 e. The molecule has 1 aromatic carbocycles. The van der Waals surface area contributed by atoms with Crippen molar-refractivity contribution >= 4 is 19.2 Å². The molecule has 1 N–H and O–H groups in total. The highest BCUT2D eigenvalue weighted by Crippen LogP contribution is 2.56. The molecule has 2 unspecified atom stereocenters. The number of nitrogens with zero attached hydrogens (tertiary/aromatic N) is 1. The summed E-state index contributed by atoms with van der Waals surface area (Å²) in [6.07, 6.45) is 0. The van der Waals surface area contributed by atoms with E-state index in [-0.39, 0.29) is 11.7 Å². The van der Waals surface area contributed by atoms with Crippen molar-refractivity contribution in [3.8, 4) is 5.75 Å². The molecule has 22 heavy (non-hydrogen) atoms. The summed E-state index contributed by atoms with van der Waals surface area (Å²) in [4.78, 5) is 24.3. The summed E-state index contributed by atoms with van der Waals surface area (Å²) in [5.41, 5.74) is -0.749. The maximum atomic E-state index is 12.7. The third kappa shape index (κ3) is 2.79. The first-order chi connectivity index (χ1) is 10.3. The predicted molar refractivity (Wildman–Crippen MR) is 78.3 cm³/mol. The van der Waals surface area contributed by atoms with Gasteiger partial charge >= 0.3 is 0 Å². The fourth-order valence-corrected chi connectivity index (χ4v) is 4.61. The monoisotopic (exact) mass is 327 g/mol. The molecule has 1 fully saturated rings. The van der Waals surface area contributed by atoms with E-state index in [4.69, 9.17) is 9.26 Å². The third-order valence-corrected chi connectivity index (χ3v) is 5.92. The van der Waals surface area contributed by atoms with E-state index in [1.54, 1.807) is 31.2 Å². The topological polar surface area (TPSA) is 93.1 Å². The van der Waals surface area contributed by atoms with Crippen LogP contribution in [-0.4, -0.2) is 48.1 Å². The van der Waals surface area contributed by atoms with Crippen LogP contribution in [0.5, 0.6) is 5.75 Å². The minimum Gasteiger partial charge on any atom is -0.497 e. The van der Waals surface area contributed by atoms with E-state index >= 15 is 0 Å². The van der Waals surface area contributed by atoms with Crippen LogP contribution in [0.3, 0.4) is 0 Å². The minimum atomic E-state index is -3.41. The number of carbonyl (C=O) groups excluding carboxylic acids is 2. The number of ether oxygens (including phenoxy) is 1. The Balaban J connectivity index is 2.46. The van der Waals surface area contributed by atoms with Crippen LogP contribution in [0.15, 0.2) is 24.3 Å². The average Bonchev–Trinajstić information content (AvgIpc) is 2.72. The Morgan fingerprint density at radius 1 is 1.23 bits per heavy atom. The maximum Gasteiger partial charge on any atom is 0.267 e. The van der Waals surface area contributed by atoms with Crippen molar-refractivity contribution in [1.29, 1.82) is 0 Å². The van der Waals surface area contributed by atoms with E-state index in [1.165, 1.54) is 13.8 Å². The van der Waals surface area contributed by atoms with Gasteiger partial charge in [-0.2, -0.15) is 5.06 Å². The van der Waals surface area contributed by atoms with Crippen molar-refractivity contribution in [3.63, 3.8) is 0 Å². The Morgan fingerprint density at radius 3 is 2.32 bits per heavy atom. The molecule has 8 heteroatoms. The molecule has 0 bridgehead atoms. The maximum absolute atomic E-state index is 12.7. The number of carbonyl (C=O) groups is 2. The molecule has 0 saturated carbocycles. The van der Waals surface area contributed by atoms with Gasteiger partial charge < -0.3 is 9.26 Å². The molecule has 1 heterocycles. The van der Waals surface area contributed by atoms with Crippen molar-refractivity contribution in [2.24, 2.45) is 0 Å². The van der Waals surface area contributed by atoms with Gasteiger partial charge in [0.05, 0.1) is 19.6 Å². The molecule has 0 aromatic heterocycles. The normalized spacial score (nSPS) is 24.5. The minimum absolute atomic E-state index is 0.0364. The van der Waals surface area contributed by atoms with Gasteiger partial charge in [-0.05, 0) is 24.6 Å². The standard InChI is InChI=1S/C14H18NO6P/c1-4-21-22(3,19)12-11(13(16)15(18)14(12)17)9-5-7-10(20-2)8-6-9/h5-8,11-12,18H,4H2,1-3H3/t11?,12-,22?/m1/s1. The van der Waals surface area contributed by atoms with Gasteiger partial charge in [0.15, 0.2) is 0 Å². The summed E-state index contributed by atoms with van der Waals surface area (Å²) in [5, 5.41) is 9.67. The van der Waals surface area contributed by atoms with Gasteiger partial charge in [0.1, 0.15) is 11.4 Å². The number of hydroxylamine groups is 2. The van der Waals surface area contributed by atoms with Gasteiger partial charge in [-0.25, -0.2) is 0 Å². The fraction of sp³-hybridized carbons (Fsp3) is 0.429. The Labute approximate surface area is 128 Å². The first-order valence-corrected chi connectivity index (χ1v) is 8.90. The number of benzene rings is 1. The zero-order valence-corrected chi connectivity index (χ0v) is 13.4. The van der Waals surface area contributed by atoms with Crippen LogP contribution in [0.1, 0.15) is 18.4 Å². The second kappa shape index (κ2) is 6.20. The molecule has 7 nitrogen and oxygen atoms in total. The predicted octanol–water partition coefficient (Wildman–Crippen LogP) is 1.85. The van der Waals surface area contributed by atoms with E-state index < -0.39 is 30.8 Å². The van der Waals surface area contributed by atoms with E-state index in [0.717, 1.165) is 0 Å². The molecule has 0 radical (unpaired) electrons. The van der Waals surface area contributed by atoms with E-state index in [0.29, 0.717) is 11.3 Å². The number of amides is 2. The Hall–Kier alpha value is -1.69. The van der Waals surface area contributed by atoms with Gasteiger partial charge in [0.2, 0.25) is 7.37 Å². The molecule has 120 valence electrons. The quantitative estimate of drug-likeness (QED) is 0.504. The number of rotatable bonds is 5. The van der Waals surface area contributed by atoms with Crippen LogP contribution in [-0.2, 0) is 18.7 Å². The molecule has 2 amide bonds. The number of imide groups is 1. The number of hydrogen-bond donors (Lipinski definition) is 1. The van der Waals surface area contributed by atoms with Crippen molar-refractivity contribution < 1.29 is 28.6 Å². The lowest BCUT2D eigenvalue weighted by molar-refractivity contribution is -0.171. The summed E-state index contributed by atoms with van der Waals surface area (Å²) >= 11 is 0. The van der Waals surface area contributed by atoms with E-state index in [1.807, 2.05) is 0 Å². The fourth-order valence-electron chi connectivity index (χ4n) is 2.59. The van der Waals surface area contributed by atoms with Crippen molar-refractivity contribution in [1.82, 2.24) is 5.06 Å². The third-order valence-electron chi connectivity index (χ3n) is 3.62. The molecule has 1 saturated heterocycles. The largest absolute Gasteiger partial charge is 0.497 e. The molecule has 1 aromatic rings. The molecule has 2 rings (SSSR count). The summed E-state index contributed by atoms with van der Waals surface area (Å²) in [5.74, 6) is -2.15. The summed E-state index contributed by atoms with van der Waals surface area (Å²) < 4.78 is 22.9. The molecule has 1 aliphatic heterocycles. The first kappa shape index (κ1) is 16.7. The van der Waals surface area contributed by atoms with Crippen LogP contribution in [0.25, 0.3) is 0 Å². The van der Waals surface area contributed by atoms with Crippen LogP contribution in [0, 0.1) is 0 Å². The second-order valence-electron chi connectivity index (χ2n) is 5.01. The summed E-state index contributed by atoms with van der Waals surface area (Å²) in [7, 11) is -1.91. The summed E-state index contributed by atoms with van der Waals surface area (Å²) in [6, 6.07) is 6.47. The van der Waals surface area contributed by atoms with Crippen molar-refractivity contribution in [3.05, 3.63) is 29.8 Å². The zero-order valence-electron chi connectivity index (χ0n) is 12.6. The second-order valence-corrected chi connectivity index (χ2v) is 7.64. The lowest BCUT2D eigenvalue weighted by Crippen LogP contribution is -2.28. The molecular weight excluding hydrogens is 309 g/mol. The van der Waals surface area contributed by atoms with E-state index in [2.05, 4.69) is 0 Å². The van der Waals surface area contributed by atoms with Crippen molar-refractivity contribution in [2.45, 2.75) is 18.5 Å². The van der Waals surface area contributed by atoms with Gasteiger partial charge in [0.25, 0.3) is 11.8 Å². The van der Waals surface area contributed by atoms with Gasteiger partial charge in [-0.1, -0.05) is 12.1 Å². The van der Waals surface area contributed by atoms with Gasteiger partial charge in [-0.3, -0.25) is 19.4 Å². The van der Waals surface area contributed by atoms with Gasteiger partial charge in [-0.15, -0.1) is 0 Å². The number of methoxy groups -OCH3 is 1. The van der Waals surface area contributed by atoms with Gasteiger partial charge in [0, 0.05) is 6.66 Å². The zero-order chi connectivity index (χ0) is 16.5. The molecule has 3 atom stereocenters. The SMILES string of the molecule is CCOP(C)(=O)[C@H]1C(=O)N(O)C(=O)C1c1ccc(OC)cc1. The number of hydrogen-bond acceptors (Lipinski definition) is 6. The molecule has 0 aliphatic carbocycles. The Kier molecular flexibility index (Phi) is 4.70. The lowest BCUT2D eigenvalue weighted by Gasteiger charge is -2.22. The lowest BCUT2D eigenvalue weighted by atomic mass is 9.97. The highest BCUT2D eigenvalue weighted by atomic mass is 31.2. The highest BCUT2D eigenvalue weighted by molar-refractivity contribution is 7.60. The average molecular weight is 327 g/mol. The Bertz CT molecular complexity index is 629. The van der Waals surface area contributed by atoms with Crippen molar-refractivity contribution in [2.75, 3.05) is 20.4 Å². The Morgan fingerprint density at radius 2 is 1.82 bits per heavy atom. The molecule has 1 aliphatic rings. The summed E-state index contributed by atoms with van der Waals surface area (Å²) in [6.45, 7) is 3.10. The first-order valence-electron chi connectivity index (χ1n) is 6.75. The van der Waals surface area contributed by atoms with Crippen LogP contribution < -0.4 is 4.74 Å².